The third-order valence-corrected chi connectivity index (χ3v) is 1.53. The van der Waals surface area contributed by atoms with Gasteiger partial charge in [0.05, 0.1) is 6.61 Å². The lowest BCUT2D eigenvalue weighted by Crippen LogP contribution is -2.08. The van der Waals surface area contributed by atoms with Crippen molar-refractivity contribution < 1.29 is 9.13 Å². The van der Waals surface area contributed by atoms with Gasteiger partial charge in [-0.15, -0.1) is 0 Å². The van der Waals surface area contributed by atoms with Crippen LogP contribution in [0.3, 0.4) is 0 Å². The Hall–Kier alpha value is 0.370. The van der Waals surface area contributed by atoms with Gasteiger partial charge >= 0.3 is 0 Å². The standard InChI is InChI=1S/C4H6BrFO/c5-1-3(6)4-2-7-4/h3-4H,1-2H2. The number of alkyl halides is 2. The molecular weight excluding hydrogens is 163 g/mol. The summed E-state index contributed by atoms with van der Waals surface area (Å²) in [6.07, 6.45) is -0.889. The van der Waals surface area contributed by atoms with Crippen LogP contribution in [0, 0.1) is 0 Å². The molecule has 2 unspecified atom stereocenters. The second kappa shape index (κ2) is 2.09. The minimum absolute atomic E-state index is 0.0978. The number of hydrogen-bond donors (Lipinski definition) is 0. The lowest BCUT2D eigenvalue weighted by Gasteiger charge is -1.93. The maximum atomic E-state index is 12.1. The van der Waals surface area contributed by atoms with Crippen LogP contribution in [0.5, 0.6) is 0 Å². The normalized spacial score (nSPS) is 32.6. The van der Waals surface area contributed by atoms with E-state index >= 15 is 0 Å². The molecule has 0 aromatic heterocycles. The highest BCUT2D eigenvalue weighted by Gasteiger charge is 2.31. The van der Waals surface area contributed by atoms with Crippen molar-refractivity contribution in [1.29, 1.82) is 0 Å². The van der Waals surface area contributed by atoms with Gasteiger partial charge in [-0.05, 0) is 0 Å². The van der Waals surface area contributed by atoms with Crippen molar-refractivity contribution in [3.63, 3.8) is 0 Å². The molecule has 2 atom stereocenters. The fraction of sp³-hybridized carbons (Fsp3) is 1.00. The SMILES string of the molecule is FC(CBr)C1CO1. The fourth-order valence-electron chi connectivity index (χ4n) is 0.364. The molecule has 0 amide bonds. The van der Waals surface area contributed by atoms with E-state index in [2.05, 4.69) is 20.7 Å². The number of epoxide rings is 1. The van der Waals surface area contributed by atoms with Gasteiger partial charge in [-0.25, -0.2) is 4.39 Å². The zero-order valence-corrected chi connectivity index (χ0v) is 5.32. The molecule has 3 heteroatoms. The quantitative estimate of drug-likeness (QED) is 0.445. The van der Waals surface area contributed by atoms with E-state index in [1.54, 1.807) is 0 Å². The molecule has 0 aromatic rings. The summed E-state index contributed by atoms with van der Waals surface area (Å²) < 4.78 is 16.8. The van der Waals surface area contributed by atoms with E-state index in [-0.39, 0.29) is 6.10 Å². The van der Waals surface area contributed by atoms with Gasteiger partial charge < -0.3 is 4.74 Å². The summed E-state index contributed by atoms with van der Waals surface area (Å²) in [6, 6.07) is 0. The number of halogens is 2. The Morgan fingerprint density at radius 3 is 2.71 bits per heavy atom. The molecule has 0 spiro atoms. The molecule has 0 aromatic carbocycles. The Labute approximate surface area is 50.0 Å². The molecule has 0 aliphatic carbocycles. The van der Waals surface area contributed by atoms with Crippen LogP contribution in [0.2, 0.25) is 0 Å². The molecule has 1 fully saturated rings. The van der Waals surface area contributed by atoms with E-state index in [1.165, 1.54) is 0 Å². The lowest BCUT2D eigenvalue weighted by molar-refractivity contribution is 0.272. The van der Waals surface area contributed by atoms with Crippen molar-refractivity contribution in [1.82, 2.24) is 0 Å². The molecule has 1 aliphatic rings. The molecule has 42 valence electrons. The zero-order valence-electron chi connectivity index (χ0n) is 3.73. The Bertz CT molecular complexity index is 64.7. The van der Waals surface area contributed by atoms with Gasteiger partial charge in [-0.2, -0.15) is 0 Å². The minimum atomic E-state index is -0.792. The highest BCUT2D eigenvalue weighted by molar-refractivity contribution is 9.09. The van der Waals surface area contributed by atoms with Crippen molar-refractivity contribution in [2.45, 2.75) is 12.3 Å². The predicted octanol–water partition coefficient (Wildman–Crippen LogP) is 1.12. The van der Waals surface area contributed by atoms with E-state index in [0.717, 1.165) is 0 Å². The van der Waals surface area contributed by atoms with Gasteiger partial charge in [0.25, 0.3) is 0 Å². The molecule has 1 rings (SSSR count). The van der Waals surface area contributed by atoms with Crippen LogP contribution in [0.25, 0.3) is 0 Å². The first-order valence-corrected chi connectivity index (χ1v) is 3.28. The van der Waals surface area contributed by atoms with Crippen LogP contribution in [0.4, 0.5) is 4.39 Å². The number of rotatable bonds is 2. The van der Waals surface area contributed by atoms with E-state index in [1.807, 2.05) is 0 Å². The van der Waals surface area contributed by atoms with Crippen LogP contribution >= 0.6 is 15.9 Å². The van der Waals surface area contributed by atoms with Crippen molar-refractivity contribution in [3.05, 3.63) is 0 Å². The maximum absolute atomic E-state index is 12.1. The molecule has 0 bridgehead atoms. The van der Waals surface area contributed by atoms with Crippen LogP contribution in [-0.2, 0) is 4.74 Å². The summed E-state index contributed by atoms with van der Waals surface area (Å²) in [7, 11) is 0. The molecule has 0 radical (unpaired) electrons. The molecule has 1 nitrogen and oxygen atoms in total. The second-order valence-electron chi connectivity index (χ2n) is 1.54. The summed E-state index contributed by atoms with van der Waals surface area (Å²) in [4.78, 5) is 0. The maximum Gasteiger partial charge on any atom is 0.138 e. The first-order valence-electron chi connectivity index (χ1n) is 2.16. The highest BCUT2D eigenvalue weighted by atomic mass is 79.9. The van der Waals surface area contributed by atoms with Crippen molar-refractivity contribution in [2.24, 2.45) is 0 Å². The van der Waals surface area contributed by atoms with Crippen molar-refractivity contribution in [2.75, 3.05) is 11.9 Å². The van der Waals surface area contributed by atoms with Crippen LogP contribution in [-0.4, -0.2) is 24.2 Å². The number of ether oxygens (including phenoxy) is 1. The molecule has 7 heavy (non-hydrogen) atoms. The van der Waals surface area contributed by atoms with Gasteiger partial charge in [0.15, 0.2) is 0 Å². The van der Waals surface area contributed by atoms with Crippen LogP contribution < -0.4 is 0 Å². The Balaban J connectivity index is 2.10. The summed E-state index contributed by atoms with van der Waals surface area (Å²) in [5.41, 5.74) is 0. The van der Waals surface area contributed by atoms with Gasteiger partial charge in [0.1, 0.15) is 12.3 Å². The van der Waals surface area contributed by atoms with Gasteiger partial charge in [-0.1, -0.05) is 15.9 Å². The first-order chi connectivity index (χ1) is 3.34. The molecule has 1 saturated heterocycles. The van der Waals surface area contributed by atoms with Crippen LogP contribution in [0.15, 0.2) is 0 Å². The average molecular weight is 169 g/mol. The van der Waals surface area contributed by atoms with Gasteiger partial charge in [0, 0.05) is 5.33 Å². The summed E-state index contributed by atoms with van der Waals surface area (Å²) in [5.74, 6) is 0. The number of hydrogen-bond acceptors (Lipinski definition) is 1. The average Bonchev–Trinajstić information content (AvgIpc) is 2.44. The van der Waals surface area contributed by atoms with Crippen molar-refractivity contribution >= 4 is 15.9 Å². The molecule has 0 N–H and O–H groups in total. The monoisotopic (exact) mass is 168 g/mol. The van der Waals surface area contributed by atoms with Crippen molar-refractivity contribution in [3.8, 4) is 0 Å². The summed E-state index contributed by atoms with van der Waals surface area (Å²) >= 11 is 3.00. The largest absolute Gasteiger partial charge is 0.370 e. The first kappa shape index (κ1) is 5.51. The highest BCUT2D eigenvalue weighted by Crippen LogP contribution is 2.17. The van der Waals surface area contributed by atoms with E-state index in [0.29, 0.717) is 11.9 Å². The molecule has 1 aliphatic heterocycles. The van der Waals surface area contributed by atoms with E-state index in [4.69, 9.17) is 0 Å². The smallest absolute Gasteiger partial charge is 0.138 e. The second-order valence-corrected chi connectivity index (χ2v) is 2.19. The van der Waals surface area contributed by atoms with E-state index in [9.17, 15) is 4.39 Å². The summed E-state index contributed by atoms with van der Waals surface area (Å²) in [6.45, 7) is 0.604. The minimum Gasteiger partial charge on any atom is -0.370 e. The van der Waals surface area contributed by atoms with E-state index < -0.39 is 6.17 Å². The Morgan fingerprint density at radius 1 is 2.00 bits per heavy atom. The fourth-order valence-corrected chi connectivity index (χ4v) is 0.781. The summed E-state index contributed by atoms with van der Waals surface area (Å²) in [5, 5.41) is 0.400. The Kier molecular flexibility index (Phi) is 1.65. The molecule has 0 saturated carbocycles. The lowest BCUT2D eigenvalue weighted by atomic mass is 10.3. The van der Waals surface area contributed by atoms with Gasteiger partial charge in [-0.3, -0.25) is 0 Å². The third kappa shape index (κ3) is 1.39. The topological polar surface area (TPSA) is 12.5 Å². The molecule has 1 heterocycles. The molecular formula is C4H6BrFO. The zero-order chi connectivity index (χ0) is 5.28. The van der Waals surface area contributed by atoms with Crippen LogP contribution in [0.1, 0.15) is 0 Å². The van der Waals surface area contributed by atoms with Gasteiger partial charge in [0.2, 0.25) is 0 Å². The Morgan fingerprint density at radius 2 is 2.57 bits per heavy atom. The third-order valence-electron chi connectivity index (χ3n) is 0.910. The predicted molar refractivity (Wildman–Crippen MR) is 28.4 cm³/mol.